The van der Waals surface area contributed by atoms with Crippen molar-refractivity contribution >= 4 is 11.6 Å². The maximum atomic E-state index is 14.9. The molecule has 1 saturated heterocycles. The van der Waals surface area contributed by atoms with Gasteiger partial charge in [-0.25, -0.2) is 9.37 Å². The van der Waals surface area contributed by atoms with Gasteiger partial charge in [-0.1, -0.05) is 36.4 Å². The summed E-state index contributed by atoms with van der Waals surface area (Å²) in [6, 6.07) is 18.1. The summed E-state index contributed by atoms with van der Waals surface area (Å²) < 4.78 is 22.3. The lowest BCUT2D eigenvalue weighted by Crippen LogP contribution is -2.37. The molecular weight excluding hydrogens is 481 g/mol. The number of hydrogen-bond acceptors (Lipinski definition) is 5. The van der Waals surface area contributed by atoms with Gasteiger partial charge < -0.3 is 15.4 Å². The second-order valence-corrected chi connectivity index (χ2v) is 9.07. The van der Waals surface area contributed by atoms with Gasteiger partial charge in [-0.05, 0) is 63.1 Å². The van der Waals surface area contributed by atoms with Gasteiger partial charge in [0.25, 0.3) is 5.91 Å². The predicted octanol–water partition coefficient (Wildman–Crippen LogP) is 5.20. The molecule has 38 heavy (non-hydrogen) atoms. The molecule has 3 heterocycles. The minimum absolute atomic E-state index is 0.0690. The topological polar surface area (TPSA) is 96.6 Å². The number of benzene rings is 2. The molecule has 1 unspecified atom stereocenters. The van der Waals surface area contributed by atoms with Crippen molar-refractivity contribution < 1.29 is 13.9 Å². The highest BCUT2D eigenvalue weighted by Gasteiger charge is 2.24. The van der Waals surface area contributed by atoms with Crippen LogP contribution in [0, 0.1) is 24.1 Å². The first kappa shape index (κ1) is 27.0. The third kappa shape index (κ3) is 5.30. The largest absolute Gasteiger partial charge is 0.376 e. The van der Waals surface area contributed by atoms with Gasteiger partial charge in [0.05, 0.1) is 6.10 Å². The fourth-order valence-corrected chi connectivity index (χ4v) is 4.81. The number of nitrogens with zero attached hydrogens (tertiary/aromatic N) is 4. The predicted molar refractivity (Wildman–Crippen MR) is 146 cm³/mol. The fraction of sp³-hybridized carbons (Fsp3) is 0.300. The second-order valence-electron chi connectivity index (χ2n) is 9.07. The summed E-state index contributed by atoms with van der Waals surface area (Å²) in [4.78, 5) is 19.8. The summed E-state index contributed by atoms with van der Waals surface area (Å²) in [6.45, 7) is 5.66. The molecule has 0 saturated carbocycles. The molecule has 0 radical (unpaired) electrons. The van der Waals surface area contributed by atoms with Crippen LogP contribution in [0.5, 0.6) is 0 Å². The number of nitrogens with two attached hydrogens (primary N) is 1. The van der Waals surface area contributed by atoms with Crippen molar-refractivity contribution in [2.45, 2.75) is 32.8 Å². The Morgan fingerprint density at radius 1 is 1.18 bits per heavy atom. The summed E-state index contributed by atoms with van der Waals surface area (Å²) in [5.41, 5.74) is 8.85. The van der Waals surface area contributed by atoms with Crippen LogP contribution in [0.25, 0.3) is 28.0 Å². The van der Waals surface area contributed by atoms with E-state index in [0.29, 0.717) is 52.4 Å². The lowest BCUT2D eigenvalue weighted by molar-refractivity contribution is 0.0539. The van der Waals surface area contributed by atoms with Gasteiger partial charge in [-0.2, -0.15) is 5.26 Å². The number of aryl methyl sites for hydroxylation is 1. The van der Waals surface area contributed by atoms with E-state index in [1.165, 1.54) is 13.1 Å². The summed E-state index contributed by atoms with van der Waals surface area (Å²) in [5, 5.41) is 10.0. The first-order chi connectivity index (χ1) is 18.5. The van der Waals surface area contributed by atoms with Gasteiger partial charge in [0, 0.05) is 42.6 Å². The molecule has 1 fully saturated rings. The van der Waals surface area contributed by atoms with E-state index in [1.54, 1.807) is 33.7 Å². The highest BCUT2D eigenvalue weighted by Crippen LogP contribution is 2.35. The zero-order valence-electron chi connectivity index (χ0n) is 21.9. The maximum absolute atomic E-state index is 14.9. The smallest absolute Gasteiger partial charge is 0.254 e. The van der Waals surface area contributed by atoms with E-state index in [1.807, 2.05) is 44.2 Å². The van der Waals surface area contributed by atoms with Crippen LogP contribution < -0.4 is 5.73 Å². The van der Waals surface area contributed by atoms with Crippen LogP contribution in [0.2, 0.25) is 0 Å². The highest BCUT2D eigenvalue weighted by atomic mass is 19.1. The highest BCUT2D eigenvalue weighted by molar-refractivity contribution is 5.95. The van der Waals surface area contributed by atoms with Crippen LogP contribution in [0.1, 0.15) is 41.4 Å². The van der Waals surface area contributed by atoms with Gasteiger partial charge in [0.2, 0.25) is 0 Å². The molecule has 2 aromatic heterocycles. The minimum atomic E-state index is -0.330. The maximum Gasteiger partial charge on any atom is 0.254 e. The lowest BCUT2D eigenvalue weighted by Gasteiger charge is -2.24. The zero-order valence-corrected chi connectivity index (χ0v) is 21.9. The average molecular weight is 514 g/mol. The van der Waals surface area contributed by atoms with Crippen LogP contribution in [0.3, 0.4) is 0 Å². The molecule has 4 aromatic rings. The molecule has 1 aliphatic heterocycles. The number of imidazole rings is 1. The summed E-state index contributed by atoms with van der Waals surface area (Å²) in [6.07, 6.45) is 3.75. The molecule has 2 N–H and O–H groups in total. The molecule has 1 atom stereocenters. The summed E-state index contributed by atoms with van der Waals surface area (Å²) in [5.74, 6) is -0.427. The molecule has 0 bridgehead atoms. The first-order valence-electron chi connectivity index (χ1n) is 12.8. The van der Waals surface area contributed by atoms with Crippen molar-refractivity contribution in [1.82, 2.24) is 14.3 Å². The Morgan fingerprint density at radius 2 is 1.95 bits per heavy atom. The normalized spacial score (nSPS) is 14.6. The van der Waals surface area contributed by atoms with Crippen molar-refractivity contribution in [2.24, 2.45) is 5.73 Å². The Balaban J connectivity index is 0.00000164. The number of likely N-dealkylation sites (N-methyl/N-ethyl adjacent to an activating group) is 1. The number of halogens is 1. The van der Waals surface area contributed by atoms with Crippen molar-refractivity contribution in [3.8, 4) is 28.5 Å². The van der Waals surface area contributed by atoms with Crippen LogP contribution >= 0.6 is 0 Å². The van der Waals surface area contributed by atoms with Crippen molar-refractivity contribution in [3.63, 3.8) is 0 Å². The van der Waals surface area contributed by atoms with Crippen molar-refractivity contribution in [1.29, 1.82) is 5.26 Å². The zero-order chi connectivity index (χ0) is 27.2. The number of ether oxygens (including phenoxy) is 1. The third-order valence-corrected chi connectivity index (χ3v) is 6.69. The van der Waals surface area contributed by atoms with Crippen molar-refractivity contribution in [3.05, 3.63) is 83.4 Å². The standard InChI is InChI=1S/C29H27FN4O2.CH5N/c1-3-33(18-21-7-6-14-36-21)29(35)20-12-13-34-26(17-31)28(32-27(34)16-20)24-9-5-4-8-22(24)23-11-10-19(2)15-25(23)30;1-2/h4-5,8-13,15-16,21H,3,6-7,14,18H2,1-2H3;2H2,1H3. The molecule has 2 aromatic carbocycles. The molecule has 1 amide bonds. The van der Waals surface area contributed by atoms with Gasteiger partial charge >= 0.3 is 0 Å². The van der Waals surface area contributed by atoms with Crippen LogP contribution in [-0.2, 0) is 4.74 Å². The van der Waals surface area contributed by atoms with E-state index in [0.717, 1.165) is 25.0 Å². The van der Waals surface area contributed by atoms with Gasteiger partial charge in [-0.3, -0.25) is 9.20 Å². The fourth-order valence-electron chi connectivity index (χ4n) is 4.81. The molecule has 7 nitrogen and oxygen atoms in total. The quantitative estimate of drug-likeness (QED) is 0.382. The number of aromatic nitrogens is 2. The molecule has 1 aliphatic rings. The number of hydrogen-bond donors (Lipinski definition) is 1. The molecule has 196 valence electrons. The molecule has 5 rings (SSSR count). The van der Waals surface area contributed by atoms with Crippen LogP contribution in [-0.4, -0.2) is 53.0 Å². The molecular formula is C30H32FN5O2. The van der Waals surface area contributed by atoms with Crippen LogP contribution in [0.15, 0.2) is 60.8 Å². The average Bonchev–Trinajstić information content (AvgIpc) is 3.59. The molecule has 0 aliphatic carbocycles. The summed E-state index contributed by atoms with van der Waals surface area (Å²) in [7, 11) is 1.50. The number of nitriles is 1. The Hall–Kier alpha value is -4.06. The minimum Gasteiger partial charge on any atom is -0.376 e. The Kier molecular flexibility index (Phi) is 8.52. The number of amides is 1. The van der Waals surface area contributed by atoms with Crippen molar-refractivity contribution in [2.75, 3.05) is 26.7 Å². The Labute approximate surface area is 222 Å². The van der Waals surface area contributed by atoms with Gasteiger partial charge in [0.1, 0.15) is 23.2 Å². The van der Waals surface area contributed by atoms with E-state index < -0.39 is 0 Å². The number of carbonyl (C=O) groups is 1. The summed E-state index contributed by atoms with van der Waals surface area (Å²) >= 11 is 0. The van der Waals surface area contributed by atoms with E-state index in [2.05, 4.69) is 11.8 Å². The SMILES string of the molecule is CCN(CC1CCCO1)C(=O)c1ccn2c(C#N)c(-c3ccccc3-c3ccc(C)cc3F)nc2c1.CN. The van der Waals surface area contributed by atoms with E-state index in [-0.39, 0.29) is 17.8 Å². The van der Waals surface area contributed by atoms with Gasteiger partial charge in [-0.15, -0.1) is 0 Å². The lowest BCUT2D eigenvalue weighted by atomic mass is 9.96. The molecule has 0 spiro atoms. The number of carbonyl (C=O) groups excluding carboxylic acids is 1. The monoisotopic (exact) mass is 513 g/mol. The van der Waals surface area contributed by atoms with E-state index in [4.69, 9.17) is 9.72 Å². The first-order valence-corrected chi connectivity index (χ1v) is 12.8. The number of fused-ring (bicyclic) bond motifs is 1. The second kappa shape index (κ2) is 12.0. The van der Waals surface area contributed by atoms with E-state index in [9.17, 15) is 14.4 Å². The number of rotatable bonds is 6. The van der Waals surface area contributed by atoms with Gasteiger partial charge in [0.15, 0.2) is 5.69 Å². The Bertz CT molecular complexity index is 1480. The third-order valence-electron chi connectivity index (χ3n) is 6.69. The Morgan fingerprint density at radius 3 is 2.61 bits per heavy atom. The number of pyridine rings is 1. The van der Waals surface area contributed by atoms with E-state index >= 15 is 0 Å². The molecule has 8 heteroatoms. The van der Waals surface area contributed by atoms with Crippen LogP contribution in [0.4, 0.5) is 4.39 Å².